The van der Waals surface area contributed by atoms with Crippen molar-refractivity contribution in [3.63, 3.8) is 0 Å². The summed E-state index contributed by atoms with van der Waals surface area (Å²) in [6.07, 6.45) is 4.09. The summed E-state index contributed by atoms with van der Waals surface area (Å²) in [7, 11) is -3.23. The minimum absolute atomic E-state index is 0.0474. The molecular weight excluding hydrogens is 468 g/mol. The van der Waals surface area contributed by atoms with Gasteiger partial charge in [-0.05, 0) is 38.7 Å². The molecule has 0 unspecified atom stereocenters. The molecule has 1 aromatic carbocycles. The Hall–Kier alpha value is -2.24. The molecule has 0 fully saturated rings. The number of rotatable bonds is 7. The topological polar surface area (TPSA) is 102 Å². The molecule has 2 aromatic heterocycles. The van der Waals surface area contributed by atoms with Crippen LogP contribution in [-0.2, 0) is 21.1 Å². The molecule has 11 heteroatoms. The number of benzene rings is 1. The second kappa shape index (κ2) is 9.72. The van der Waals surface area contributed by atoms with Gasteiger partial charge in [0.05, 0.1) is 5.75 Å². The summed E-state index contributed by atoms with van der Waals surface area (Å²) in [5.41, 5.74) is 1.83. The summed E-state index contributed by atoms with van der Waals surface area (Å²) in [6.45, 7) is 5.60. The highest BCUT2D eigenvalue weighted by Gasteiger charge is 2.23. The Kier molecular flexibility index (Phi) is 7.41. The van der Waals surface area contributed by atoms with Crippen LogP contribution in [0, 0.1) is 0 Å². The SMILES string of the molecule is CSc1ncnc2sc(-c3cccc(CN(CCS(C)(=O)=O)C(=O)OC(C)(C)C)c3)nc12. The fourth-order valence-corrected chi connectivity index (χ4v) is 4.88. The van der Waals surface area contributed by atoms with Crippen LogP contribution in [-0.4, -0.2) is 64.8 Å². The molecule has 1 amide bonds. The van der Waals surface area contributed by atoms with Gasteiger partial charge in [-0.3, -0.25) is 0 Å². The normalized spacial score (nSPS) is 12.2. The molecule has 0 spiro atoms. The first-order valence-corrected chi connectivity index (χ1v) is 14.0. The van der Waals surface area contributed by atoms with E-state index >= 15 is 0 Å². The molecule has 0 radical (unpaired) electrons. The molecule has 3 aromatic rings. The molecule has 0 aliphatic heterocycles. The first kappa shape index (κ1) is 24.4. The van der Waals surface area contributed by atoms with E-state index < -0.39 is 21.5 Å². The highest BCUT2D eigenvalue weighted by Crippen LogP contribution is 2.32. The number of fused-ring (bicyclic) bond motifs is 1. The lowest BCUT2D eigenvalue weighted by Crippen LogP contribution is -2.38. The Morgan fingerprint density at radius 1 is 1.25 bits per heavy atom. The van der Waals surface area contributed by atoms with Crippen LogP contribution < -0.4 is 0 Å². The third kappa shape index (κ3) is 6.63. The van der Waals surface area contributed by atoms with Gasteiger partial charge in [0.25, 0.3) is 0 Å². The lowest BCUT2D eigenvalue weighted by Gasteiger charge is -2.27. The maximum absolute atomic E-state index is 12.7. The summed E-state index contributed by atoms with van der Waals surface area (Å²) < 4.78 is 28.8. The van der Waals surface area contributed by atoms with Gasteiger partial charge in [-0.1, -0.05) is 29.5 Å². The second-order valence-electron chi connectivity index (χ2n) is 8.29. The van der Waals surface area contributed by atoms with Gasteiger partial charge < -0.3 is 9.64 Å². The first-order valence-electron chi connectivity index (χ1n) is 9.86. The maximum atomic E-state index is 12.7. The van der Waals surface area contributed by atoms with E-state index in [4.69, 9.17) is 9.72 Å². The average molecular weight is 495 g/mol. The monoisotopic (exact) mass is 494 g/mol. The largest absolute Gasteiger partial charge is 0.444 e. The molecule has 172 valence electrons. The van der Waals surface area contributed by atoms with Gasteiger partial charge in [-0.15, -0.1) is 11.8 Å². The van der Waals surface area contributed by atoms with Crippen LogP contribution in [0.2, 0.25) is 0 Å². The van der Waals surface area contributed by atoms with Crippen molar-refractivity contribution in [1.82, 2.24) is 19.9 Å². The standard InChI is InChI=1S/C21H26N4O4S3/c1-21(2,3)29-20(26)25(9-10-32(5,27)28)12-14-7-6-8-15(11-14)17-24-16-18(30-4)22-13-23-19(16)31-17/h6-8,11,13H,9-10,12H2,1-5H3. The predicted molar refractivity (Wildman–Crippen MR) is 129 cm³/mol. The van der Waals surface area contributed by atoms with E-state index in [0.29, 0.717) is 0 Å². The highest BCUT2D eigenvalue weighted by molar-refractivity contribution is 7.98. The van der Waals surface area contributed by atoms with Crippen LogP contribution in [0.15, 0.2) is 35.6 Å². The smallest absolute Gasteiger partial charge is 0.410 e. The molecule has 0 saturated carbocycles. The molecular formula is C21H26N4O4S3. The Morgan fingerprint density at radius 2 is 2.00 bits per heavy atom. The molecule has 8 nitrogen and oxygen atoms in total. The van der Waals surface area contributed by atoms with E-state index in [2.05, 4.69) is 9.97 Å². The van der Waals surface area contributed by atoms with Crippen LogP contribution in [0.5, 0.6) is 0 Å². The van der Waals surface area contributed by atoms with Crippen molar-refractivity contribution in [2.45, 2.75) is 37.9 Å². The van der Waals surface area contributed by atoms with Crippen LogP contribution in [0.3, 0.4) is 0 Å². The molecule has 0 bridgehead atoms. The zero-order valence-corrected chi connectivity index (χ0v) is 21.1. The summed E-state index contributed by atoms with van der Waals surface area (Å²) in [5.74, 6) is -0.139. The first-order chi connectivity index (χ1) is 14.9. The Bertz CT molecular complexity index is 1220. The van der Waals surface area contributed by atoms with Crippen molar-refractivity contribution in [2.75, 3.05) is 24.8 Å². The molecule has 32 heavy (non-hydrogen) atoms. The number of hydrogen-bond acceptors (Lipinski definition) is 9. The van der Waals surface area contributed by atoms with Crippen molar-refractivity contribution in [1.29, 1.82) is 0 Å². The zero-order chi connectivity index (χ0) is 23.5. The summed E-state index contributed by atoms with van der Waals surface area (Å²) in [6, 6.07) is 7.67. The van der Waals surface area contributed by atoms with Crippen LogP contribution in [0.4, 0.5) is 4.79 Å². The third-order valence-electron chi connectivity index (χ3n) is 4.29. The molecule has 2 heterocycles. The summed E-state index contributed by atoms with van der Waals surface area (Å²) in [5, 5.41) is 1.63. The number of sulfone groups is 1. The van der Waals surface area contributed by atoms with Gasteiger partial charge in [0.1, 0.15) is 42.1 Å². The van der Waals surface area contributed by atoms with E-state index in [-0.39, 0.29) is 18.8 Å². The van der Waals surface area contributed by atoms with Crippen LogP contribution >= 0.6 is 23.1 Å². The molecule has 0 saturated heterocycles. The molecule has 0 aliphatic rings. The van der Waals surface area contributed by atoms with E-state index in [0.717, 1.165) is 37.8 Å². The van der Waals surface area contributed by atoms with Gasteiger partial charge in [0.2, 0.25) is 0 Å². The van der Waals surface area contributed by atoms with Gasteiger partial charge in [0, 0.05) is 24.9 Å². The molecule has 0 aliphatic carbocycles. The summed E-state index contributed by atoms with van der Waals surface area (Å²) in [4.78, 5) is 28.2. The van der Waals surface area contributed by atoms with Crippen molar-refractivity contribution < 1.29 is 17.9 Å². The lowest BCUT2D eigenvalue weighted by molar-refractivity contribution is 0.0246. The number of hydrogen-bond donors (Lipinski definition) is 0. The second-order valence-corrected chi connectivity index (χ2v) is 12.3. The van der Waals surface area contributed by atoms with Gasteiger partial charge >= 0.3 is 6.09 Å². The summed E-state index contributed by atoms with van der Waals surface area (Å²) >= 11 is 2.99. The van der Waals surface area contributed by atoms with Crippen molar-refractivity contribution in [2.24, 2.45) is 0 Å². The van der Waals surface area contributed by atoms with Crippen molar-refractivity contribution in [3.05, 3.63) is 36.2 Å². The number of carbonyl (C=O) groups is 1. The highest BCUT2D eigenvalue weighted by atomic mass is 32.2. The van der Waals surface area contributed by atoms with Crippen molar-refractivity contribution >= 4 is 49.4 Å². The lowest BCUT2D eigenvalue weighted by atomic mass is 10.1. The third-order valence-corrected chi connectivity index (χ3v) is 6.91. The minimum atomic E-state index is -3.23. The van der Waals surface area contributed by atoms with Gasteiger partial charge in [-0.25, -0.2) is 28.2 Å². The Balaban J connectivity index is 1.88. The number of thioether (sulfide) groups is 1. The number of thiazole rings is 1. The molecule has 0 N–H and O–H groups in total. The van der Waals surface area contributed by atoms with E-state index in [1.54, 1.807) is 20.8 Å². The Labute approximate surface area is 196 Å². The predicted octanol–water partition coefficient (Wildman–Crippen LogP) is 4.26. The number of aromatic nitrogens is 3. The maximum Gasteiger partial charge on any atom is 0.410 e. The fraction of sp³-hybridized carbons (Fsp3) is 0.429. The van der Waals surface area contributed by atoms with E-state index in [1.165, 1.54) is 34.3 Å². The quantitative estimate of drug-likeness (QED) is 0.355. The van der Waals surface area contributed by atoms with E-state index in [9.17, 15) is 13.2 Å². The number of carbonyl (C=O) groups excluding carboxylic acids is 1. The average Bonchev–Trinajstić information content (AvgIpc) is 3.13. The van der Waals surface area contributed by atoms with E-state index in [1.807, 2.05) is 30.5 Å². The molecule has 0 atom stereocenters. The minimum Gasteiger partial charge on any atom is -0.444 e. The van der Waals surface area contributed by atoms with Crippen LogP contribution in [0.25, 0.3) is 20.9 Å². The van der Waals surface area contributed by atoms with Gasteiger partial charge in [-0.2, -0.15) is 0 Å². The number of amides is 1. The van der Waals surface area contributed by atoms with Crippen LogP contribution in [0.1, 0.15) is 26.3 Å². The zero-order valence-electron chi connectivity index (χ0n) is 18.7. The number of ether oxygens (including phenoxy) is 1. The number of nitrogens with zero attached hydrogens (tertiary/aromatic N) is 4. The van der Waals surface area contributed by atoms with Gasteiger partial charge in [0.15, 0.2) is 0 Å². The Morgan fingerprint density at radius 3 is 2.66 bits per heavy atom. The molecule has 3 rings (SSSR count). The van der Waals surface area contributed by atoms with Crippen molar-refractivity contribution in [3.8, 4) is 10.6 Å². The fourth-order valence-electron chi connectivity index (χ4n) is 2.87.